The Morgan fingerprint density at radius 2 is 0.859 bits per heavy atom. The molecule has 1 aliphatic heterocycles. The Hall–Kier alpha value is -8.09. The highest BCUT2D eigenvalue weighted by Crippen LogP contribution is 2.58. The molecule has 78 heavy (non-hydrogen) atoms. The van der Waals surface area contributed by atoms with Gasteiger partial charge in [0.15, 0.2) is 5.71 Å². The van der Waals surface area contributed by atoms with E-state index in [1.807, 2.05) is 30.3 Å². The third kappa shape index (κ3) is 9.19. The van der Waals surface area contributed by atoms with Crippen molar-refractivity contribution in [2.75, 3.05) is 9.91 Å². The lowest BCUT2D eigenvalue weighted by Gasteiger charge is -2.35. The summed E-state index contributed by atoms with van der Waals surface area (Å²) in [6.07, 6.45) is 14.0. The van der Waals surface area contributed by atoms with Gasteiger partial charge in [-0.1, -0.05) is 219 Å². The van der Waals surface area contributed by atoms with Crippen LogP contribution in [0.5, 0.6) is 0 Å². The van der Waals surface area contributed by atoms with Crippen LogP contribution in [-0.2, 0) is 20.4 Å². The molecule has 1 N–H and O–H groups in total. The highest BCUT2D eigenvalue weighted by atomic mass is 16.4. The molecule has 6 nitrogen and oxygen atoms in total. The minimum atomic E-state index is -1.24. The number of hydrogen-bond donors (Lipinski definition) is 1. The topological polar surface area (TPSA) is 73.2 Å². The Bertz CT molecular complexity index is 3440. The Balaban J connectivity index is 0.951. The summed E-state index contributed by atoms with van der Waals surface area (Å²) in [4.78, 5) is 28.5. The Labute approximate surface area is 461 Å². The van der Waals surface area contributed by atoms with E-state index >= 15 is 0 Å². The molecule has 8 aromatic carbocycles. The zero-order chi connectivity index (χ0) is 54.0. The molecule has 2 aliphatic carbocycles. The molecule has 11 rings (SSSR count). The van der Waals surface area contributed by atoms with E-state index in [0.717, 1.165) is 59.2 Å². The molecule has 0 atom stereocenters. The molecule has 0 bridgehead atoms. The maximum atomic E-state index is 13.6. The second-order valence-electron chi connectivity index (χ2n) is 21.9. The van der Waals surface area contributed by atoms with Crippen molar-refractivity contribution in [1.29, 1.82) is 0 Å². The van der Waals surface area contributed by atoms with Crippen molar-refractivity contribution in [3.05, 3.63) is 221 Å². The number of rotatable bonds is 20. The fourth-order valence-corrected chi connectivity index (χ4v) is 13.2. The third-order valence-electron chi connectivity index (χ3n) is 17.3. The van der Waals surface area contributed by atoms with Gasteiger partial charge in [-0.15, -0.1) is 0 Å². The summed E-state index contributed by atoms with van der Waals surface area (Å²) >= 11 is 0. The Kier molecular flexibility index (Phi) is 14.7. The third-order valence-corrected chi connectivity index (χ3v) is 17.3. The largest absolute Gasteiger partial charge is 0.476 e. The maximum absolute atomic E-state index is 13.6. The number of nitrogens with zero attached hydrogens (tertiary/aromatic N) is 3. The molecule has 0 saturated carbocycles. The molecule has 0 unspecified atom stereocenters. The number of amides is 1. The van der Waals surface area contributed by atoms with Gasteiger partial charge < -0.3 is 10.0 Å². The van der Waals surface area contributed by atoms with Crippen molar-refractivity contribution in [3.8, 4) is 44.5 Å². The van der Waals surface area contributed by atoms with Gasteiger partial charge in [-0.3, -0.25) is 4.79 Å². The highest BCUT2D eigenvalue weighted by Gasteiger charge is 2.44. The van der Waals surface area contributed by atoms with Gasteiger partial charge in [-0.2, -0.15) is 10.1 Å². The summed E-state index contributed by atoms with van der Waals surface area (Å²) in [7, 11) is 0. The van der Waals surface area contributed by atoms with Gasteiger partial charge in [-0.25, -0.2) is 4.79 Å². The second-order valence-corrected chi connectivity index (χ2v) is 21.9. The van der Waals surface area contributed by atoms with E-state index in [0.29, 0.717) is 11.3 Å². The van der Waals surface area contributed by atoms with Gasteiger partial charge in [0.05, 0.1) is 11.3 Å². The first-order valence-electron chi connectivity index (χ1n) is 28.7. The average molecular weight is 1030 g/mol. The molecule has 0 saturated heterocycles. The Morgan fingerprint density at radius 3 is 1.29 bits per heavy atom. The van der Waals surface area contributed by atoms with Crippen molar-refractivity contribution in [2.45, 2.75) is 122 Å². The SMILES string of the molecule is CCCCC1(CCCC)c2ccccc2-c2ccc(N(c3ccc(-c4ccc(-c5ccc(/C(C)=C6\C(=O)N(c7ccccc7)N=C6C(=O)O)cc5)cc4)cc3)c3ccc4c(c3)C(CCCC)(CCCC)c3ccccc3-4)cc21. The molecule has 0 aromatic heterocycles. The number of para-hydroxylation sites is 1. The van der Waals surface area contributed by atoms with Crippen LogP contribution in [0.3, 0.4) is 0 Å². The number of carbonyl (C=O) groups excluding carboxylic acids is 1. The molecular weight excluding hydrogens is 955 g/mol. The minimum Gasteiger partial charge on any atom is -0.476 e. The molecule has 8 aromatic rings. The van der Waals surface area contributed by atoms with Crippen molar-refractivity contribution < 1.29 is 14.7 Å². The zero-order valence-electron chi connectivity index (χ0n) is 46.0. The molecule has 0 spiro atoms. The van der Waals surface area contributed by atoms with E-state index < -0.39 is 11.9 Å². The summed E-state index contributed by atoms with van der Waals surface area (Å²) < 4.78 is 0. The summed E-state index contributed by atoms with van der Waals surface area (Å²) in [6, 6.07) is 67.9. The predicted molar refractivity (Wildman–Crippen MR) is 324 cm³/mol. The van der Waals surface area contributed by atoms with Crippen LogP contribution < -0.4 is 9.91 Å². The number of hydrazone groups is 1. The van der Waals surface area contributed by atoms with Crippen LogP contribution in [0.15, 0.2) is 199 Å². The molecule has 0 radical (unpaired) electrons. The van der Waals surface area contributed by atoms with Gasteiger partial charge in [0.1, 0.15) is 0 Å². The summed E-state index contributed by atoms with van der Waals surface area (Å²) in [5.41, 5.74) is 20.9. The van der Waals surface area contributed by atoms with Crippen molar-refractivity contribution in [1.82, 2.24) is 0 Å². The van der Waals surface area contributed by atoms with E-state index in [1.165, 1.54) is 112 Å². The fourth-order valence-electron chi connectivity index (χ4n) is 13.2. The first kappa shape index (κ1) is 52.0. The quantitative estimate of drug-likeness (QED) is 0.0772. The monoisotopic (exact) mass is 1030 g/mol. The molecule has 392 valence electrons. The van der Waals surface area contributed by atoms with Gasteiger partial charge in [0.2, 0.25) is 0 Å². The van der Waals surface area contributed by atoms with E-state index in [4.69, 9.17) is 0 Å². The molecule has 1 amide bonds. The number of carboxylic acid groups (broad SMARTS) is 1. The summed E-state index contributed by atoms with van der Waals surface area (Å²) in [5.74, 6) is -1.70. The number of allylic oxidation sites excluding steroid dienone is 1. The van der Waals surface area contributed by atoms with Crippen molar-refractivity contribution >= 4 is 45.9 Å². The first-order chi connectivity index (χ1) is 38.1. The van der Waals surface area contributed by atoms with Gasteiger partial charge in [0.25, 0.3) is 5.91 Å². The van der Waals surface area contributed by atoms with E-state index in [-0.39, 0.29) is 22.1 Å². The normalized spacial score (nSPS) is 15.1. The summed E-state index contributed by atoms with van der Waals surface area (Å²) in [5, 5.41) is 15.5. The second kappa shape index (κ2) is 22.1. The van der Waals surface area contributed by atoms with Crippen LogP contribution >= 0.6 is 0 Å². The molecule has 0 fully saturated rings. The molecular formula is C72H71N3O3. The lowest BCUT2D eigenvalue weighted by atomic mass is 9.70. The van der Waals surface area contributed by atoms with Crippen LogP contribution in [0.1, 0.15) is 139 Å². The van der Waals surface area contributed by atoms with Crippen LogP contribution in [0.2, 0.25) is 0 Å². The van der Waals surface area contributed by atoms with Crippen LogP contribution in [-0.4, -0.2) is 22.7 Å². The number of carbonyl (C=O) groups is 2. The molecule has 3 aliphatic rings. The van der Waals surface area contributed by atoms with Gasteiger partial charge in [-0.05, 0) is 159 Å². The average Bonchev–Trinajstić information content (AvgIpc) is 4.28. The number of anilines is 4. The van der Waals surface area contributed by atoms with Crippen molar-refractivity contribution in [3.63, 3.8) is 0 Å². The maximum Gasteiger partial charge on any atom is 0.357 e. The lowest BCUT2D eigenvalue weighted by molar-refractivity contribution is -0.129. The van der Waals surface area contributed by atoms with Gasteiger partial charge in [0, 0.05) is 27.9 Å². The number of carboxylic acids is 1. The first-order valence-corrected chi connectivity index (χ1v) is 28.7. The number of aliphatic carboxylic acids is 1. The van der Waals surface area contributed by atoms with Crippen LogP contribution in [0.4, 0.5) is 22.7 Å². The highest BCUT2D eigenvalue weighted by molar-refractivity contribution is 6.54. The number of hydrogen-bond acceptors (Lipinski definition) is 4. The standard InChI is InChI=1S/C72H71N3O3/c1-6-10-43-71(44-11-7-2)63-25-19-17-23-59(63)61-41-39-57(47-65(61)71)74(58-40-42-62-60-24-18-20-26-64(60)72(45-12-8-3,46-13-9-4)66(62)48-58)55-37-35-54(36-38-55)53-33-31-52(32-34-53)51-29-27-50(28-30-51)49(5)67-68(70(77)78)73-75(69(67)76)56-21-15-14-16-22-56/h14-42,47-48H,6-13,43-46H2,1-5H3,(H,77,78)/b67-49-. The Morgan fingerprint density at radius 1 is 0.474 bits per heavy atom. The fraction of sp³-hybridized carbons (Fsp3) is 0.264. The number of benzene rings is 8. The van der Waals surface area contributed by atoms with Gasteiger partial charge >= 0.3 is 5.97 Å². The lowest BCUT2D eigenvalue weighted by Crippen LogP contribution is -2.26. The minimum absolute atomic E-state index is 0.0360. The predicted octanol–water partition coefficient (Wildman–Crippen LogP) is 19.0. The molecule has 6 heteroatoms. The van der Waals surface area contributed by atoms with E-state index in [1.54, 1.807) is 31.2 Å². The molecule has 1 heterocycles. The van der Waals surface area contributed by atoms with Crippen LogP contribution in [0, 0.1) is 0 Å². The van der Waals surface area contributed by atoms with Crippen LogP contribution in [0.25, 0.3) is 50.1 Å². The smallest absolute Gasteiger partial charge is 0.357 e. The number of fused-ring (bicyclic) bond motifs is 6. The van der Waals surface area contributed by atoms with E-state index in [9.17, 15) is 14.7 Å². The summed E-state index contributed by atoms with van der Waals surface area (Å²) in [6.45, 7) is 11.1. The zero-order valence-corrected chi connectivity index (χ0v) is 46.0. The van der Waals surface area contributed by atoms with Crippen molar-refractivity contribution in [2.24, 2.45) is 5.10 Å². The number of unbranched alkanes of at least 4 members (excludes halogenated alkanes) is 4. The van der Waals surface area contributed by atoms with E-state index in [2.05, 4.69) is 171 Å².